The van der Waals surface area contributed by atoms with Crippen molar-refractivity contribution >= 4 is 11.6 Å². The Balaban J connectivity index is 1.97. The van der Waals surface area contributed by atoms with Gasteiger partial charge in [-0.25, -0.2) is 0 Å². The Morgan fingerprint density at radius 3 is 2.40 bits per heavy atom. The molecule has 104 valence electrons. The van der Waals surface area contributed by atoms with Gasteiger partial charge in [0, 0.05) is 12.1 Å². The van der Waals surface area contributed by atoms with E-state index < -0.39 is 0 Å². The highest BCUT2D eigenvalue weighted by Crippen LogP contribution is 2.20. The molecule has 0 heterocycles. The summed E-state index contributed by atoms with van der Waals surface area (Å²) in [6.45, 7) is 6.20. The van der Waals surface area contributed by atoms with Crippen LogP contribution < -0.4 is 5.32 Å². The minimum atomic E-state index is 0.0598. The van der Waals surface area contributed by atoms with Gasteiger partial charge in [-0.3, -0.25) is 4.79 Å². The number of anilines is 1. The number of rotatable bonds is 4. The first-order valence-corrected chi connectivity index (χ1v) is 6.98. The standard InChI is InChI=1S/C18H21NO/c1-13-9-10-17(11-14(13)2)19-18(20)12-15(3)16-7-5-4-6-8-16/h4-11,15H,12H2,1-3H3,(H,19,20)/t15-/m0/s1. The molecule has 0 aromatic heterocycles. The molecule has 2 heteroatoms. The van der Waals surface area contributed by atoms with Gasteiger partial charge >= 0.3 is 0 Å². The maximum Gasteiger partial charge on any atom is 0.224 e. The molecule has 0 fully saturated rings. The SMILES string of the molecule is Cc1ccc(NC(=O)C[C@H](C)c2ccccc2)cc1C. The summed E-state index contributed by atoms with van der Waals surface area (Å²) in [6.07, 6.45) is 0.497. The molecule has 0 saturated carbocycles. The number of carbonyl (C=O) groups excluding carboxylic acids is 1. The molecular formula is C18H21NO. The van der Waals surface area contributed by atoms with Crippen molar-refractivity contribution in [3.8, 4) is 0 Å². The fourth-order valence-electron chi connectivity index (χ4n) is 2.21. The van der Waals surface area contributed by atoms with Crippen LogP contribution in [0.5, 0.6) is 0 Å². The van der Waals surface area contributed by atoms with Gasteiger partial charge in [-0.15, -0.1) is 0 Å². The summed E-state index contributed by atoms with van der Waals surface area (Å²) in [6, 6.07) is 16.1. The van der Waals surface area contributed by atoms with Gasteiger partial charge in [0.1, 0.15) is 0 Å². The maximum atomic E-state index is 12.1. The molecule has 2 nitrogen and oxygen atoms in total. The van der Waals surface area contributed by atoms with E-state index in [1.54, 1.807) is 0 Å². The van der Waals surface area contributed by atoms with Gasteiger partial charge in [0.05, 0.1) is 0 Å². The topological polar surface area (TPSA) is 29.1 Å². The quantitative estimate of drug-likeness (QED) is 0.872. The third-order valence-electron chi connectivity index (χ3n) is 3.65. The fraction of sp³-hybridized carbons (Fsp3) is 0.278. The third-order valence-corrected chi connectivity index (χ3v) is 3.65. The number of hydrogen-bond donors (Lipinski definition) is 1. The summed E-state index contributed by atoms with van der Waals surface area (Å²) < 4.78 is 0. The molecule has 0 aliphatic carbocycles. The Kier molecular flexibility index (Phi) is 4.57. The van der Waals surface area contributed by atoms with E-state index in [-0.39, 0.29) is 11.8 Å². The van der Waals surface area contributed by atoms with Gasteiger partial charge in [0.25, 0.3) is 0 Å². The molecule has 1 N–H and O–H groups in total. The van der Waals surface area contributed by atoms with E-state index in [4.69, 9.17) is 0 Å². The maximum absolute atomic E-state index is 12.1. The highest BCUT2D eigenvalue weighted by atomic mass is 16.1. The molecule has 0 aliphatic rings. The second kappa shape index (κ2) is 6.38. The summed E-state index contributed by atoms with van der Waals surface area (Å²) in [5, 5.41) is 2.97. The average Bonchev–Trinajstić information content (AvgIpc) is 2.44. The molecule has 20 heavy (non-hydrogen) atoms. The van der Waals surface area contributed by atoms with E-state index in [1.165, 1.54) is 16.7 Å². The lowest BCUT2D eigenvalue weighted by molar-refractivity contribution is -0.116. The normalized spacial score (nSPS) is 11.9. The van der Waals surface area contributed by atoms with Crippen LogP contribution >= 0.6 is 0 Å². The first-order chi connectivity index (χ1) is 9.56. The number of benzene rings is 2. The van der Waals surface area contributed by atoms with Crippen LogP contribution in [0, 0.1) is 13.8 Å². The molecule has 1 amide bonds. The van der Waals surface area contributed by atoms with E-state index in [9.17, 15) is 4.79 Å². The van der Waals surface area contributed by atoms with Gasteiger partial charge in [-0.1, -0.05) is 43.3 Å². The molecule has 1 atom stereocenters. The van der Waals surface area contributed by atoms with Crippen molar-refractivity contribution in [1.29, 1.82) is 0 Å². The first-order valence-electron chi connectivity index (χ1n) is 6.98. The summed E-state index contributed by atoms with van der Waals surface area (Å²) in [7, 11) is 0. The first kappa shape index (κ1) is 14.3. The van der Waals surface area contributed by atoms with Crippen molar-refractivity contribution in [2.24, 2.45) is 0 Å². The van der Waals surface area contributed by atoms with Crippen molar-refractivity contribution in [3.63, 3.8) is 0 Å². The second-order valence-electron chi connectivity index (χ2n) is 5.36. The molecule has 0 unspecified atom stereocenters. The van der Waals surface area contributed by atoms with Gasteiger partial charge in [0.2, 0.25) is 5.91 Å². The number of aryl methyl sites for hydroxylation is 2. The van der Waals surface area contributed by atoms with E-state index in [1.807, 2.05) is 36.4 Å². The van der Waals surface area contributed by atoms with E-state index in [0.717, 1.165) is 5.69 Å². The smallest absolute Gasteiger partial charge is 0.224 e. The minimum absolute atomic E-state index is 0.0598. The average molecular weight is 267 g/mol. The highest BCUT2D eigenvalue weighted by Gasteiger charge is 2.11. The number of carbonyl (C=O) groups is 1. The monoisotopic (exact) mass is 267 g/mol. The molecule has 0 radical (unpaired) electrons. The third kappa shape index (κ3) is 3.70. The van der Waals surface area contributed by atoms with Gasteiger partial charge in [-0.05, 0) is 48.6 Å². The summed E-state index contributed by atoms with van der Waals surface area (Å²) in [4.78, 5) is 12.1. The summed E-state index contributed by atoms with van der Waals surface area (Å²) in [5.74, 6) is 0.285. The molecule has 0 aliphatic heterocycles. The minimum Gasteiger partial charge on any atom is -0.326 e. The van der Waals surface area contributed by atoms with Crippen LogP contribution in [0.15, 0.2) is 48.5 Å². The van der Waals surface area contributed by atoms with Crippen LogP contribution in [0.1, 0.15) is 36.0 Å². The van der Waals surface area contributed by atoms with Crippen molar-refractivity contribution in [1.82, 2.24) is 0 Å². The van der Waals surface area contributed by atoms with E-state index >= 15 is 0 Å². The zero-order valence-electron chi connectivity index (χ0n) is 12.3. The molecule has 2 aromatic carbocycles. The van der Waals surface area contributed by atoms with Gasteiger partial charge in [-0.2, -0.15) is 0 Å². The summed E-state index contributed by atoms with van der Waals surface area (Å²) >= 11 is 0. The van der Waals surface area contributed by atoms with Gasteiger partial charge in [0.15, 0.2) is 0 Å². The number of hydrogen-bond acceptors (Lipinski definition) is 1. The van der Waals surface area contributed by atoms with Crippen LogP contribution in [0.25, 0.3) is 0 Å². The Labute approximate surface area is 120 Å². The van der Waals surface area contributed by atoms with E-state index in [0.29, 0.717) is 6.42 Å². The van der Waals surface area contributed by atoms with Crippen LogP contribution in [0.3, 0.4) is 0 Å². The van der Waals surface area contributed by atoms with Crippen molar-refractivity contribution < 1.29 is 4.79 Å². The zero-order chi connectivity index (χ0) is 14.5. The highest BCUT2D eigenvalue weighted by molar-refractivity contribution is 5.91. The van der Waals surface area contributed by atoms with Crippen LogP contribution in [0.4, 0.5) is 5.69 Å². The van der Waals surface area contributed by atoms with E-state index in [2.05, 4.69) is 38.2 Å². The van der Waals surface area contributed by atoms with Crippen LogP contribution in [0.2, 0.25) is 0 Å². The predicted molar refractivity (Wildman–Crippen MR) is 84.0 cm³/mol. The molecule has 2 aromatic rings. The van der Waals surface area contributed by atoms with Gasteiger partial charge < -0.3 is 5.32 Å². The summed E-state index contributed by atoms with van der Waals surface area (Å²) in [5.41, 5.74) is 4.50. The van der Waals surface area contributed by atoms with Crippen LogP contribution in [-0.4, -0.2) is 5.91 Å². The number of amides is 1. The van der Waals surface area contributed by atoms with Crippen LogP contribution in [-0.2, 0) is 4.79 Å². The molecule has 0 spiro atoms. The Bertz CT molecular complexity index is 590. The lowest BCUT2D eigenvalue weighted by Gasteiger charge is -2.12. The van der Waals surface area contributed by atoms with Crippen molar-refractivity contribution in [2.45, 2.75) is 33.1 Å². The molecule has 0 saturated heterocycles. The molecule has 2 rings (SSSR count). The Hall–Kier alpha value is -2.09. The zero-order valence-corrected chi connectivity index (χ0v) is 12.3. The molecular weight excluding hydrogens is 246 g/mol. The Morgan fingerprint density at radius 2 is 1.75 bits per heavy atom. The second-order valence-corrected chi connectivity index (χ2v) is 5.36. The number of nitrogens with one attached hydrogen (secondary N) is 1. The predicted octanol–water partition coefficient (Wildman–Crippen LogP) is 4.44. The lowest BCUT2D eigenvalue weighted by Crippen LogP contribution is -2.14. The lowest BCUT2D eigenvalue weighted by atomic mass is 9.97. The Morgan fingerprint density at radius 1 is 1.05 bits per heavy atom. The van der Waals surface area contributed by atoms with Crippen molar-refractivity contribution in [2.75, 3.05) is 5.32 Å². The molecule has 0 bridgehead atoms. The fourth-order valence-corrected chi connectivity index (χ4v) is 2.21. The largest absolute Gasteiger partial charge is 0.326 e. The van der Waals surface area contributed by atoms with Crippen molar-refractivity contribution in [3.05, 3.63) is 65.2 Å².